The van der Waals surface area contributed by atoms with E-state index in [1.165, 1.54) is 0 Å². The fraction of sp³-hybridized carbons (Fsp3) is 0.190. The van der Waals surface area contributed by atoms with Crippen LogP contribution in [0.5, 0.6) is 5.75 Å². The largest absolute Gasteiger partial charge is 0.496 e. The number of aromatic nitrogens is 2. The van der Waals surface area contributed by atoms with Crippen LogP contribution in [0, 0.1) is 0 Å². The van der Waals surface area contributed by atoms with Gasteiger partial charge in [-0.05, 0) is 45.8 Å². The maximum atomic E-state index is 12.6. The van der Waals surface area contributed by atoms with Crippen LogP contribution in [-0.4, -0.2) is 34.6 Å². The minimum Gasteiger partial charge on any atom is -0.496 e. The molecule has 1 atom stereocenters. The molecule has 2 heterocycles. The molecule has 8 heteroatoms. The Kier molecular flexibility index (Phi) is 5.62. The molecule has 1 amide bonds. The lowest BCUT2D eigenvalue weighted by Gasteiger charge is -2.10. The van der Waals surface area contributed by atoms with Crippen LogP contribution in [0.3, 0.4) is 0 Å². The van der Waals surface area contributed by atoms with Crippen LogP contribution in [0.4, 0.5) is 5.69 Å². The van der Waals surface area contributed by atoms with Crippen molar-refractivity contribution in [1.82, 2.24) is 9.78 Å². The second kappa shape index (κ2) is 8.48. The fourth-order valence-electron chi connectivity index (χ4n) is 3.09. The van der Waals surface area contributed by atoms with Crippen molar-refractivity contribution in [3.8, 4) is 5.75 Å². The summed E-state index contributed by atoms with van der Waals surface area (Å²) in [7, 11) is 1.61. The van der Waals surface area contributed by atoms with E-state index in [9.17, 15) is 4.79 Å². The minimum atomic E-state index is -0.670. The number of nitrogens with one attached hydrogen (secondary N) is 1. The van der Waals surface area contributed by atoms with Gasteiger partial charge in [-0.2, -0.15) is 5.10 Å². The number of hydrogen-bond acceptors (Lipinski definition) is 5. The fourth-order valence-corrected chi connectivity index (χ4v) is 3.42. The van der Waals surface area contributed by atoms with Crippen LogP contribution in [0.25, 0.3) is 0 Å². The van der Waals surface area contributed by atoms with E-state index in [1.54, 1.807) is 13.3 Å². The van der Waals surface area contributed by atoms with E-state index < -0.39 is 6.10 Å². The Balaban J connectivity index is 1.35. The highest BCUT2D eigenvalue weighted by Gasteiger charge is 2.30. The molecular weight excluding hydrogens is 436 g/mol. The molecule has 0 fully saturated rings. The Morgan fingerprint density at radius 3 is 2.79 bits per heavy atom. The number of nitrogens with zero attached hydrogens (tertiary/aromatic N) is 3. The summed E-state index contributed by atoms with van der Waals surface area (Å²) in [4.78, 5) is 17.9. The van der Waals surface area contributed by atoms with Crippen LogP contribution >= 0.6 is 15.9 Å². The van der Waals surface area contributed by atoms with E-state index >= 15 is 0 Å². The number of benzene rings is 2. The summed E-state index contributed by atoms with van der Waals surface area (Å²) in [5.41, 5.74) is 3.32. The van der Waals surface area contributed by atoms with Gasteiger partial charge in [-0.1, -0.05) is 29.4 Å². The van der Waals surface area contributed by atoms with Crippen LogP contribution < -0.4 is 10.1 Å². The van der Waals surface area contributed by atoms with Crippen molar-refractivity contribution in [1.29, 1.82) is 0 Å². The summed E-state index contributed by atoms with van der Waals surface area (Å²) in [5, 5.41) is 11.2. The second-order valence-corrected chi connectivity index (χ2v) is 7.49. The topological polar surface area (TPSA) is 77.7 Å². The molecule has 1 unspecified atom stereocenters. The molecule has 1 aromatic heterocycles. The number of amides is 1. The molecule has 4 rings (SSSR count). The number of rotatable bonds is 6. The van der Waals surface area contributed by atoms with Crippen molar-refractivity contribution >= 4 is 33.2 Å². The number of hydrogen-bond donors (Lipinski definition) is 1. The molecule has 1 aliphatic heterocycles. The summed E-state index contributed by atoms with van der Waals surface area (Å²) in [6, 6.07) is 15.2. The van der Waals surface area contributed by atoms with E-state index in [1.807, 2.05) is 59.4 Å². The van der Waals surface area contributed by atoms with Gasteiger partial charge in [0.25, 0.3) is 5.91 Å². The summed E-state index contributed by atoms with van der Waals surface area (Å²) < 4.78 is 8.13. The Labute approximate surface area is 176 Å². The highest BCUT2D eigenvalue weighted by atomic mass is 79.9. The standard InChI is InChI=1S/C21H19BrN4O3/c1-28-19-5-3-2-4-17(19)18-10-20(29-25-18)21(27)24-16-8-6-14(7-9-16)12-26-13-15(22)11-23-26/h2-9,11,13,20H,10,12H2,1H3,(H,24,27). The Morgan fingerprint density at radius 1 is 1.28 bits per heavy atom. The van der Waals surface area contributed by atoms with Gasteiger partial charge in [-0.3, -0.25) is 9.48 Å². The Hall–Kier alpha value is -3.13. The van der Waals surface area contributed by atoms with E-state index in [0.717, 1.165) is 15.6 Å². The van der Waals surface area contributed by atoms with Gasteiger partial charge in [0.05, 0.1) is 30.0 Å². The summed E-state index contributed by atoms with van der Waals surface area (Å²) in [6.45, 7) is 0.654. The van der Waals surface area contributed by atoms with Crippen LogP contribution in [0.2, 0.25) is 0 Å². The van der Waals surface area contributed by atoms with Gasteiger partial charge in [-0.25, -0.2) is 0 Å². The predicted molar refractivity (Wildman–Crippen MR) is 113 cm³/mol. The van der Waals surface area contributed by atoms with Crippen molar-refractivity contribution in [2.45, 2.75) is 19.1 Å². The maximum Gasteiger partial charge on any atom is 0.268 e. The number of methoxy groups -OCH3 is 1. The molecule has 0 aliphatic carbocycles. The van der Waals surface area contributed by atoms with Crippen molar-refractivity contribution in [3.63, 3.8) is 0 Å². The van der Waals surface area contributed by atoms with Gasteiger partial charge in [-0.15, -0.1) is 0 Å². The quantitative estimate of drug-likeness (QED) is 0.613. The van der Waals surface area contributed by atoms with Crippen LogP contribution in [0.15, 0.2) is 70.6 Å². The van der Waals surface area contributed by atoms with Crippen molar-refractivity contribution in [3.05, 3.63) is 76.5 Å². The van der Waals surface area contributed by atoms with E-state index in [4.69, 9.17) is 9.57 Å². The predicted octanol–water partition coefficient (Wildman–Crippen LogP) is 3.83. The average molecular weight is 455 g/mol. The number of anilines is 1. The third-order valence-electron chi connectivity index (χ3n) is 4.55. The molecule has 29 heavy (non-hydrogen) atoms. The van der Waals surface area contributed by atoms with Gasteiger partial charge < -0.3 is 14.9 Å². The van der Waals surface area contributed by atoms with Gasteiger partial charge in [0.2, 0.25) is 6.10 Å². The Morgan fingerprint density at radius 2 is 2.07 bits per heavy atom. The summed E-state index contributed by atoms with van der Waals surface area (Å²) in [5.74, 6) is 0.470. The molecular formula is C21H19BrN4O3. The molecule has 1 aliphatic rings. The summed E-state index contributed by atoms with van der Waals surface area (Å²) >= 11 is 3.38. The molecule has 0 spiro atoms. The highest BCUT2D eigenvalue weighted by Crippen LogP contribution is 2.25. The lowest BCUT2D eigenvalue weighted by atomic mass is 10.0. The molecule has 3 aromatic rings. The van der Waals surface area contributed by atoms with E-state index in [-0.39, 0.29) is 5.91 Å². The monoisotopic (exact) mass is 454 g/mol. The normalized spacial score (nSPS) is 15.5. The second-order valence-electron chi connectivity index (χ2n) is 6.58. The third-order valence-corrected chi connectivity index (χ3v) is 4.96. The minimum absolute atomic E-state index is 0.234. The number of carbonyl (C=O) groups excluding carboxylic acids is 1. The first kappa shape index (κ1) is 19.2. The molecule has 148 valence electrons. The van der Waals surface area contributed by atoms with E-state index in [0.29, 0.717) is 30.1 Å². The van der Waals surface area contributed by atoms with Crippen LogP contribution in [-0.2, 0) is 16.2 Å². The lowest BCUT2D eigenvalue weighted by Crippen LogP contribution is -2.28. The maximum absolute atomic E-state index is 12.6. The van der Waals surface area contributed by atoms with Gasteiger partial charge >= 0.3 is 0 Å². The molecule has 0 radical (unpaired) electrons. The molecule has 0 bridgehead atoms. The van der Waals surface area contributed by atoms with E-state index in [2.05, 4.69) is 31.5 Å². The summed E-state index contributed by atoms with van der Waals surface area (Å²) in [6.07, 6.45) is 3.37. The van der Waals surface area contributed by atoms with Gasteiger partial charge in [0.1, 0.15) is 5.75 Å². The highest BCUT2D eigenvalue weighted by molar-refractivity contribution is 9.10. The number of halogens is 1. The number of ether oxygens (including phenoxy) is 1. The van der Waals surface area contributed by atoms with Gasteiger partial charge in [0.15, 0.2) is 0 Å². The molecule has 1 N–H and O–H groups in total. The molecule has 0 saturated heterocycles. The lowest BCUT2D eigenvalue weighted by molar-refractivity contribution is -0.125. The van der Waals surface area contributed by atoms with Crippen molar-refractivity contribution in [2.75, 3.05) is 12.4 Å². The SMILES string of the molecule is COc1ccccc1C1=NOC(C(=O)Nc2ccc(Cn3cc(Br)cn3)cc2)C1. The average Bonchev–Trinajstić information content (AvgIpc) is 3.39. The third kappa shape index (κ3) is 4.48. The van der Waals surface area contributed by atoms with Crippen molar-refractivity contribution < 1.29 is 14.4 Å². The Bertz CT molecular complexity index is 1050. The van der Waals surface area contributed by atoms with Crippen LogP contribution in [0.1, 0.15) is 17.5 Å². The molecule has 7 nitrogen and oxygen atoms in total. The first-order valence-corrected chi connectivity index (χ1v) is 9.85. The zero-order chi connectivity index (χ0) is 20.2. The zero-order valence-corrected chi connectivity index (χ0v) is 17.3. The van der Waals surface area contributed by atoms with Crippen molar-refractivity contribution in [2.24, 2.45) is 5.16 Å². The zero-order valence-electron chi connectivity index (χ0n) is 15.7. The van der Waals surface area contributed by atoms with Gasteiger partial charge in [0, 0.05) is 23.9 Å². The smallest absolute Gasteiger partial charge is 0.268 e. The molecule has 0 saturated carbocycles. The number of oxime groups is 1. The molecule has 2 aromatic carbocycles. The first-order valence-electron chi connectivity index (χ1n) is 9.06. The number of carbonyl (C=O) groups is 1. The first-order chi connectivity index (χ1) is 14.1. The number of para-hydroxylation sites is 1.